The number of sulfonamides is 1. The molecular formula is C43H44Cl2N8O4S2. The molecule has 0 saturated carbocycles. The lowest BCUT2D eigenvalue weighted by molar-refractivity contribution is -0.384. The maximum absolute atomic E-state index is 13.8. The van der Waals surface area contributed by atoms with Crippen LogP contribution in [0.4, 0.5) is 22.9 Å². The molecule has 6 aromatic rings. The average Bonchev–Trinajstić information content (AvgIpc) is 3.22. The summed E-state index contributed by atoms with van der Waals surface area (Å²) in [4.78, 5) is 28.0. The molecule has 7 rings (SSSR count). The number of nitro benzene ring substituents is 1. The van der Waals surface area contributed by atoms with Gasteiger partial charge < -0.3 is 15.1 Å². The van der Waals surface area contributed by atoms with Gasteiger partial charge in [0, 0.05) is 82.2 Å². The third-order valence-corrected chi connectivity index (χ3v) is 13.2. The van der Waals surface area contributed by atoms with Gasteiger partial charge >= 0.3 is 0 Å². The van der Waals surface area contributed by atoms with Gasteiger partial charge in [0.1, 0.15) is 12.0 Å². The minimum Gasteiger partial charge on any atom is -0.376 e. The van der Waals surface area contributed by atoms with Crippen LogP contribution in [-0.2, 0) is 16.6 Å². The van der Waals surface area contributed by atoms with Crippen molar-refractivity contribution >= 4 is 78.8 Å². The second-order valence-electron chi connectivity index (χ2n) is 14.6. The fourth-order valence-electron chi connectivity index (χ4n) is 7.04. The van der Waals surface area contributed by atoms with E-state index in [1.54, 1.807) is 23.9 Å². The van der Waals surface area contributed by atoms with Crippen molar-refractivity contribution in [2.45, 2.75) is 28.8 Å². The number of aromatic nitrogens is 2. The molecule has 1 fully saturated rings. The van der Waals surface area contributed by atoms with Gasteiger partial charge in [-0.15, -0.1) is 11.8 Å². The lowest BCUT2D eigenvalue weighted by Crippen LogP contribution is -2.46. The van der Waals surface area contributed by atoms with Gasteiger partial charge in [-0.2, -0.15) is 0 Å². The Morgan fingerprint density at radius 1 is 0.881 bits per heavy atom. The highest BCUT2D eigenvalue weighted by Gasteiger charge is 2.25. The van der Waals surface area contributed by atoms with Crippen molar-refractivity contribution < 1.29 is 13.3 Å². The highest BCUT2D eigenvalue weighted by Crippen LogP contribution is 2.35. The molecule has 0 aliphatic carbocycles. The molecule has 5 aromatic carbocycles. The summed E-state index contributed by atoms with van der Waals surface area (Å²) in [6.07, 6.45) is 2.03. The van der Waals surface area contributed by atoms with Crippen molar-refractivity contribution in [1.29, 1.82) is 0 Å². The Labute approximate surface area is 358 Å². The number of benzene rings is 5. The number of nitro groups is 1. The predicted octanol–water partition coefficient (Wildman–Crippen LogP) is 9.16. The second kappa shape index (κ2) is 19.0. The first-order chi connectivity index (χ1) is 28.4. The van der Waals surface area contributed by atoms with E-state index in [2.05, 4.69) is 46.8 Å². The Bertz CT molecular complexity index is 2540. The maximum atomic E-state index is 13.8. The van der Waals surface area contributed by atoms with Crippen molar-refractivity contribution in [1.82, 2.24) is 19.8 Å². The quantitative estimate of drug-likeness (QED) is 0.0548. The van der Waals surface area contributed by atoms with Crippen LogP contribution in [-0.4, -0.2) is 91.7 Å². The Kier molecular flexibility index (Phi) is 13.6. The zero-order valence-corrected chi connectivity index (χ0v) is 35.7. The highest BCUT2D eigenvalue weighted by molar-refractivity contribution is 7.99. The number of nitrogens with zero attached hydrogens (tertiary/aromatic N) is 6. The van der Waals surface area contributed by atoms with Crippen molar-refractivity contribution in [3.63, 3.8) is 0 Å². The zero-order chi connectivity index (χ0) is 41.5. The molecule has 0 unspecified atom stereocenters. The van der Waals surface area contributed by atoms with E-state index in [1.165, 1.54) is 24.0 Å². The monoisotopic (exact) mass is 870 g/mol. The molecule has 16 heteroatoms. The molecule has 1 aliphatic rings. The molecule has 2 N–H and O–H groups in total. The second-order valence-corrected chi connectivity index (χ2v) is 18.2. The third kappa shape index (κ3) is 10.6. The van der Waals surface area contributed by atoms with Crippen LogP contribution in [0.3, 0.4) is 0 Å². The molecule has 2 heterocycles. The molecular weight excluding hydrogens is 828 g/mol. The van der Waals surface area contributed by atoms with E-state index in [0.717, 1.165) is 73.5 Å². The number of rotatable bonds is 16. The zero-order valence-electron chi connectivity index (χ0n) is 32.6. The van der Waals surface area contributed by atoms with Crippen molar-refractivity contribution in [2.24, 2.45) is 0 Å². The standard InChI is InChI=1S/C43H44Cl2N8O4S2/c1-50(2)19-18-32(28-58-34-9-4-3-5-10-34)48-40-17-14-35(26-42(40)53(54)55)59(56,57)49-43-38-16-13-33(25-41(38)46-29-47-43)52-22-20-51(21-23-52)27-30-8-6-7-11-36(30)37-15-12-31(44)24-39(37)45/h3-17,24-26,29,32,48H,18-23,27-28H2,1-2H3,(H,46,47,49)/t32-/m1/s1. The summed E-state index contributed by atoms with van der Waals surface area (Å²) < 4.78 is 30.1. The van der Waals surface area contributed by atoms with Crippen LogP contribution in [0.2, 0.25) is 10.0 Å². The van der Waals surface area contributed by atoms with Crippen LogP contribution in [0.5, 0.6) is 0 Å². The summed E-state index contributed by atoms with van der Waals surface area (Å²) in [5.74, 6) is 0.740. The van der Waals surface area contributed by atoms with E-state index in [1.807, 2.05) is 80.8 Å². The van der Waals surface area contributed by atoms with Crippen molar-refractivity contribution in [3.8, 4) is 11.1 Å². The normalized spacial score (nSPS) is 14.1. The number of nitrogens with one attached hydrogen (secondary N) is 2. The number of hydrogen-bond donors (Lipinski definition) is 2. The first kappa shape index (κ1) is 42.2. The molecule has 0 spiro atoms. The molecule has 0 radical (unpaired) electrons. The van der Waals surface area contributed by atoms with Gasteiger partial charge in [-0.3, -0.25) is 19.7 Å². The third-order valence-electron chi connectivity index (χ3n) is 10.2. The molecule has 1 saturated heterocycles. The van der Waals surface area contributed by atoms with Crippen LogP contribution in [0.15, 0.2) is 125 Å². The molecule has 1 aliphatic heterocycles. The van der Waals surface area contributed by atoms with E-state index < -0.39 is 14.9 Å². The van der Waals surface area contributed by atoms with Crippen LogP contribution >= 0.6 is 35.0 Å². The summed E-state index contributed by atoms with van der Waals surface area (Å²) >= 11 is 14.4. The topological polar surface area (TPSA) is 137 Å². The van der Waals surface area contributed by atoms with Gasteiger partial charge in [0.05, 0.1) is 15.3 Å². The smallest absolute Gasteiger partial charge is 0.293 e. The summed E-state index contributed by atoms with van der Waals surface area (Å²) in [6.45, 7) is 4.77. The lowest BCUT2D eigenvalue weighted by Gasteiger charge is -2.36. The highest BCUT2D eigenvalue weighted by atomic mass is 35.5. The Morgan fingerprint density at radius 3 is 2.39 bits per heavy atom. The molecule has 1 atom stereocenters. The van der Waals surface area contributed by atoms with E-state index in [-0.39, 0.29) is 28.1 Å². The van der Waals surface area contributed by atoms with Crippen LogP contribution in [0.25, 0.3) is 22.0 Å². The van der Waals surface area contributed by atoms with Crippen LogP contribution < -0.4 is 14.9 Å². The summed E-state index contributed by atoms with van der Waals surface area (Å²) in [6, 6.07) is 33.3. The molecule has 306 valence electrons. The molecule has 1 aromatic heterocycles. The summed E-state index contributed by atoms with van der Waals surface area (Å²) in [5, 5.41) is 17.4. The van der Waals surface area contributed by atoms with Crippen molar-refractivity contribution in [3.05, 3.63) is 141 Å². The van der Waals surface area contributed by atoms with Gasteiger partial charge in [0.25, 0.3) is 15.7 Å². The minimum atomic E-state index is -4.27. The van der Waals surface area contributed by atoms with Gasteiger partial charge in [-0.25, -0.2) is 18.4 Å². The fourth-order valence-corrected chi connectivity index (χ4v) is 9.59. The summed E-state index contributed by atoms with van der Waals surface area (Å²) in [7, 11) is -0.325. The lowest BCUT2D eigenvalue weighted by atomic mass is 9.99. The molecule has 59 heavy (non-hydrogen) atoms. The first-order valence-electron chi connectivity index (χ1n) is 19.1. The molecule has 12 nitrogen and oxygen atoms in total. The Hall–Kier alpha value is -4.96. The van der Waals surface area contributed by atoms with Crippen molar-refractivity contribution in [2.75, 3.05) is 67.5 Å². The molecule has 0 amide bonds. The van der Waals surface area contributed by atoms with Gasteiger partial charge in [-0.1, -0.05) is 71.7 Å². The number of halogens is 2. The van der Waals surface area contributed by atoms with E-state index in [0.29, 0.717) is 26.7 Å². The minimum absolute atomic E-state index is 0.0809. The number of fused-ring (bicyclic) bond motifs is 1. The van der Waals surface area contributed by atoms with Crippen LogP contribution in [0.1, 0.15) is 12.0 Å². The molecule has 0 bridgehead atoms. The Balaban J connectivity index is 1.02. The van der Waals surface area contributed by atoms with E-state index >= 15 is 0 Å². The summed E-state index contributed by atoms with van der Waals surface area (Å²) in [5.41, 5.74) is 4.66. The Morgan fingerprint density at radius 2 is 1.64 bits per heavy atom. The number of anilines is 3. The number of hydrogen-bond acceptors (Lipinski definition) is 11. The largest absolute Gasteiger partial charge is 0.376 e. The van der Waals surface area contributed by atoms with E-state index in [9.17, 15) is 18.5 Å². The fraction of sp³-hybridized carbons (Fsp3) is 0.256. The first-order valence-corrected chi connectivity index (χ1v) is 22.3. The average molecular weight is 872 g/mol. The maximum Gasteiger partial charge on any atom is 0.293 e. The number of piperazine rings is 1. The van der Waals surface area contributed by atoms with Crippen LogP contribution in [0, 0.1) is 10.1 Å². The SMILES string of the molecule is CN(C)CC[C@H](CSc1ccccc1)Nc1ccc(S(=O)(=O)Nc2ncnc3cc(N4CCN(Cc5ccccc5-c5ccc(Cl)cc5Cl)CC4)ccc23)cc1[N+](=O)[O-]. The van der Waals surface area contributed by atoms with Gasteiger partial charge in [-0.05, 0) is 92.8 Å². The predicted molar refractivity (Wildman–Crippen MR) is 241 cm³/mol. The van der Waals surface area contributed by atoms with Gasteiger partial charge in [0.2, 0.25) is 0 Å². The van der Waals surface area contributed by atoms with Gasteiger partial charge in [0.15, 0.2) is 5.82 Å². The van der Waals surface area contributed by atoms with E-state index in [4.69, 9.17) is 23.2 Å². The number of thioether (sulfide) groups is 1.